The number of aryl methyl sites for hydroxylation is 2. The molecule has 2 aromatic rings. The highest BCUT2D eigenvalue weighted by atomic mass is 32.3. The summed E-state index contributed by atoms with van der Waals surface area (Å²) < 4.78 is 81.6. The quantitative estimate of drug-likeness (QED) is 0.534. The van der Waals surface area contributed by atoms with Crippen LogP contribution in [-0.2, 0) is 38.6 Å². The number of ether oxygens (including phenoxy) is 2. The fourth-order valence-corrected chi connectivity index (χ4v) is 5.46. The van der Waals surface area contributed by atoms with Crippen LogP contribution in [0.1, 0.15) is 18.1 Å². The Labute approximate surface area is 193 Å². The Balaban J connectivity index is 1.47. The second kappa shape index (κ2) is 9.20. The predicted molar refractivity (Wildman–Crippen MR) is 115 cm³/mol. The van der Waals surface area contributed by atoms with Crippen LogP contribution in [0.25, 0.3) is 0 Å². The van der Waals surface area contributed by atoms with E-state index in [2.05, 4.69) is 0 Å². The number of benzene rings is 2. The molecule has 0 aromatic heterocycles. The third-order valence-electron chi connectivity index (χ3n) is 5.30. The van der Waals surface area contributed by atoms with Crippen molar-refractivity contribution >= 4 is 20.8 Å². The predicted octanol–water partition coefficient (Wildman–Crippen LogP) is 2.41. The molecule has 180 valence electrons. The summed E-state index contributed by atoms with van der Waals surface area (Å²) in [4.78, 5) is 0. The van der Waals surface area contributed by atoms with E-state index < -0.39 is 51.3 Å². The topological polar surface area (TPSA) is 124 Å². The van der Waals surface area contributed by atoms with E-state index in [1.54, 1.807) is 31.2 Å². The van der Waals surface area contributed by atoms with Crippen LogP contribution in [0, 0.1) is 19.8 Å². The molecule has 2 heterocycles. The monoisotopic (exact) mass is 500 g/mol. The van der Waals surface area contributed by atoms with E-state index >= 15 is 0 Å². The summed E-state index contributed by atoms with van der Waals surface area (Å²) in [5.41, 5.74) is 1.85. The Morgan fingerprint density at radius 1 is 0.758 bits per heavy atom. The molecule has 5 atom stereocenters. The Morgan fingerprint density at radius 2 is 1.21 bits per heavy atom. The van der Waals surface area contributed by atoms with Crippen LogP contribution in [0.4, 0.5) is 0 Å². The zero-order valence-electron chi connectivity index (χ0n) is 18.1. The minimum Gasteiger partial charge on any atom is -0.362 e. The van der Waals surface area contributed by atoms with E-state index in [1.807, 2.05) is 13.8 Å². The van der Waals surface area contributed by atoms with E-state index in [1.165, 1.54) is 24.3 Å². The first kappa shape index (κ1) is 23.9. The van der Waals surface area contributed by atoms with Crippen molar-refractivity contribution in [3.05, 3.63) is 59.7 Å². The minimum atomic E-state index is -4.52. The lowest BCUT2D eigenvalue weighted by Crippen LogP contribution is -2.52. The molecule has 0 radical (unpaired) electrons. The Kier molecular flexibility index (Phi) is 6.67. The Hall–Kier alpha value is -2.22. The fraction of sp³-hybridized carbons (Fsp3) is 0.429. The van der Waals surface area contributed by atoms with Gasteiger partial charge in [0.05, 0.1) is 6.61 Å². The Morgan fingerprint density at radius 3 is 1.70 bits per heavy atom. The summed E-state index contributed by atoms with van der Waals surface area (Å²) in [6.07, 6.45) is -4.10. The van der Waals surface area contributed by atoms with Crippen molar-refractivity contribution in [1.29, 1.82) is 0 Å². The van der Waals surface area contributed by atoms with E-state index in [4.69, 9.17) is 26.2 Å². The van der Waals surface area contributed by atoms with Gasteiger partial charge in [-0.3, -0.25) is 0 Å². The van der Waals surface area contributed by atoms with Crippen molar-refractivity contribution in [3.63, 3.8) is 0 Å². The van der Waals surface area contributed by atoms with Crippen molar-refractivity contribution < 1.29 is 43.0 Å². The first-order chi connectivity index (χ1) is 15.5. The lowest BCUT2D eigenvalue weighted by Gasteiger charge is -2.37. The highest BCUT2D eigenvalue weighted by Gasteiger charge is 2.53. The largest absolute Gasteiger partial charge is 0.449 e. The molecule has 2 saturated heterocycles. The van der Waals surface area contributed by atoms with Crippen LogP contribution in [-0.4, -0.2) is 48.0 Å². The van der Waals surface area contributed by atoms with Gasteiger partial charge in [0.15, 0.2) is 6.29 Å². The van der Waals surface area contributed by atoms with E-state index in [0.717, 1.165) is 11.1 Å². The van der Waals surface area contributed by atoms with Gasteiger partial charge in [-0.1, -0.05) is 42.3 Å². The summed E-state index contributed by atoms with van der Waals surface area (Å²) >= 11 is 0. The van der Waals surface area contributed by atoms with Gasteiger partial charge in [0, 0.05) is 5.92 Å². The molecule has 2 fully saturated rings. The number of fused-ring (bicyclic) bond motifs is 2. The molecule has 12 heteroatoms. The summed E-state index contributed by atoms with van der Waals surface area (Å²) in [6, 6.07) is 12.7. The second-order valence-electron chi connectivity index (χ2n) is 7.97. The van der Waals surface area contributed by atoms with Gasteiger partial charge in [0.25, 0.3) is 0 Å². The fourth-order valence-electron chi connectivity index (χ4n) is 3.58. The first-order valence-corrected chi connectivity index (χ1v) is 12.8. The summed E-state index contributed by atoms with van der Waals surface area (Å²) in [5.74, 6) is -0.617. The van der Waals surface area contributed by atoms with Crippen molar-refractivity contribution in [2.75, 3.05) is 6.61 Å². The molecule has 4 rings (SSSR count). The maximum atomic E-state index is 12.5. The van der Waals surface area contributed by atoms with Gasteiger partial charge >= 0.3 is 20.8 Å². The maximum absolute atomic E-state index is 12.5. The smallest absolute Gasteiger partial charge is 0.362 e. The average Bonchev–Trinajstić information content (AvgIpc) is 3.18. The molecule has 0 amide bonds. The SMILES string of the molecule is Cc1ccc(OS(=O)(=O)OC2[C@@H]3OCC(O3)[C@@H](OS(=O)(=O)Oc3ccc(C)cc3)[C@@H]2C)cc1. The Bertz CT molecular complexity index is 1080. The molecule has 2 aromatic carbocycles. The van der Waals surface area contributed by atoms with Crippen LogP contribution in [0.2, 0.25) is 0 Å². The minimum absolute atomic E-state index is 0.00154. The van der Waals surface area contributed by atoms with Crippen molar-refractivity contribution in [2.24, 2.45) is 5.92 Å². The van der Waals surface area contributed by atoms with E-state index in [0.29, 0.717) is 0 Å². The molecule has 2 bridgehead atoms. The second-order valence-corrected chi connectivity index (χ2v) is 10.3. The van der Waals surface area contributed by atoms with Crippen LogP contribution in [0.3, 0.4) is 0 Å². The van der Waals surface area contributed by atoms with Gasteiger partial charge in [0.1, 0.15) is 29.8 Å². The molecule has 2 aliphatic rings. The van der Waals surface area contributed by atoms with E-state index in [9.17, 15) is 16.8 Å². The standard InChI is InChI=1S/C21H24O10S2/c1-13-4-8-16(9-5-13)28-32(22,23)30-19-15(3)20(21-26-12-18(19)27-21)31-33(24,25)29-17-10-6-14(2)7-11-17/h4-11,15,18-21H,12H2,1-3H3/t15-,18?,19-,20?,21+/m0/s1. The molecule has 0 N–H and O–H groups in total. The molecule has 2 unspecified atom stereocenters. The van der Waals surface area contributed by atoms with Crippen molar-refractivity contribution in [2.45, 2.75) is 45.4 Å². The lowest BCUT2D eigenvalue weighted by molar-refractivity contribution is -0.192. The molecule has 10 nitrogen and oxygen atoms in total. The zero-order valence-corrected chi connectivity index (χ0v) is 19.7. The van der Waals surface area contributed by atoms with Gasteiger partial charge in [-0.25, -0.2) is 8.37 Å². The number of hydrogen-bond donors (Lipinski definition) is 0. The summed E-state index contributed by atoms with van der Waals surface area (Å²) in [7, 11) is -9.02. The molecule has 33 heavy (non-hydrogen) atoms. The van der Waals surface area contributed by atoms with Crippen LogP contribution in [0.5, 0.6) is 11.5 Å². The highest BCUT2D eigenvalue weighted by molar-refractivity contribution is 7.82. The summed E-state index contributed by atoms with van der Waals surface area (Å²) in [5, 5.41) is 0. The van der Waals surface area contributed by atoms with Crippen LogP contribution < -0.4 is 8.37 Å². The average molecular weight is 501 g/mol. The van der Waals surface area contributed by atoms with E-state index in [-0.39, 0.29) is 18.1 Å². The third-order valence-corrected chi connectivity index (χ3v) is 7.01. The highest BCUT2D eigenvalue weighted by Crippen LogP contribution is 2.37. The van der Waals surface area contributed by atoms with Gasteiger partial charge in [-0.2, -0.15) is 16.8 Å². The number of rotatable bonds is 8. The molecule has 0 saturated carbocycles. The molecule has 2 aliphatic heterocycles. The van der Waals surface area contributed by atoms with Gasteiger partial charge in [-0.15, -0.1) is 0 Å². The van der Waals surface area contributed by atoms with Crippen LogP contribution in [0.15, 0.2) is 48.5 Å². The van der Waals surface area contributed by atoms with Gasteiger partial charge in [-0.05, 0) is 38.1 Å². The summed E-state index contributed by atoms with van der Waals surface area (Å²) in [6.45, 7) is 5.28. The molecule has 0 aliphatic carbocycles. The lowest BCUT2D eigenvalue weighted by atomic mass is 9.92. The maximum Gasteiger partial charge on any atom is 0.449 e. The third kappa shape index (κ3) is 5.83. The van der Waals surface area contributed by atoms with Gasteiger partial charge in [0.2, 0.25) is 0 Å². The van der Waals surface area contributed by atoms with Crippen molar-refractivity contribution in [3.8, 4) is 11.5 Å². The molecular formula is C21H24O10S2. The normalized spacial score (nSPS) is 27.3. The molecule has 0 spiro atoms. The van der Waals surface area contributed by atoms with Gasteiger partial charge < -0.3 is 17.8 Å². The van der Waals surface area contributed by atoms with Crippen molar-refractivity contribution in [1.82, 2.24) is 0 Å². The zero-order chi connectivity index (χ0) is 23.8. The number of hydrogen-bond acceptors (Lipinski definition) is 10. The first-order valence-electron chi connectivity index (χ1n) is 10.2. The van der Waals surface area contributed by atoms with Crippen LogP contribution >= 0.6 is 0 Å². The molecular weight excluding hydrogens is 476 g/mol.